The minimum atomic E-state index is -1.45. The lowest BCUT2D eigenvalue weighted by Crippen LogP contribution is -2.56. The van der Waals surface area contributed by atoms with Crippen molar-refractivity contribution in [2.45, 2.75) is 56.8 Å². The third kappa shape index (κ3) is 8.94. The fourth-order valence-electron chi connectivity index (χ4n) is 1.84. The maximum atomic E-state index is 12.2. The first-order chi connectivity index (χ1) is 12.0. The highest BCUT2D eigenvalue weighted by Gasteiger charge is 2.29. The second-order valence-electron chi connectivity index (χ2n) is 5.66. The van der Waals surface area contributed by atoms with Crippen LogP contribution >= 0.6 is 0 Å². The van der Waals surface area contributed by atoms with E-state index >= 15 is 0 Å². The zero-order valence-corrected chi connectivity index (χ0v) is 14.2. The Hall–Kier alpha value is -2.73. The lowest BCUT2D eigenvalue weighted by Gasteiger charge is -2.23. The number of carbonyl (C=O) groups excluding carboxylic acids is 3. The molecule has 9 N–H and O–H groups in total. The summed E-state index contributed by atoms with van der Waals surface area (Å²) < 4.78 is 0. The lowest BCUT2D eigenvalue weighted by molar-refractivity contribution is -0.143. The molecule has 4 atom stereocenters. The number of aliphatic hydroxyl groups excluding tert-OH is 1. The van der Waals surface area contributed by atoms with Gasteiger partial charge in [0.05, 0.1) is 6.10 Å². The number of carbonyl (C=O) groups is 5. The lowest BCUT2D eigenvalue weighted by atomic mass is 10.1. The number of nitrogens with one attached hydrogen (secondary N) is 2. The van der Waals surface area contributed by atoms with Crippen molar-refractivity contribution in [3.8, 4) is 0 Å². The van der Waals surface area contributed by atoms with E-state index in [1.807, 2.05) is 0 Å². The number of hydrogen-bond donors (Lipinski definition) is 7. The van der Waals surface area contributed by atoms with Crippen LogP contribution in [-0.4, -0.2) is 69.2 Å². The van der Waals surface area contributed by atoms with Crippen LogP contribution in [-0.2, 0) is 24.0 Å². The summed E-state index contributed by atoms with van der Waals surface area (Å²) in [6, 6.07) is -4.20. The Morgan fingerprint density at radius 1 is 0.923 bits per heavy atom. The Labute approximate surface area is 148 Å². The fraction of sp³-hybridized carbons (Fsp3) is 0.643. The monoisotopic (exact) mass is 376 g/mol. The molecule has 0 aliphatic carbocycles. The van der Waals surface area contributed by atoms with Crippen LogP contribution in [0.2, 0.25) is 0 Å². The summed E-state index contributed by atoms with van der Waals surface area (Å²) in [6.07, 6.45) is -2.61. The van der Waals surface area contributed by atoms with Gasteiger partial charge in [0.1, 0.15) is 18.1 Å². The standard InChI is InChI=1S/C14H24N4O8/c1-6(19)11(16)13(24)17-7(3-5-10(21)22)12(23)18-8(14(25)26)2-4-9(15)20/h6-8,11,19H,2-5,16H2,1H3,(H2,15,20)(H,17,24)(H,18,23)(H,21,22)(H,25,26). The Balaban J connectivity index is 5.11. The van der Waals surface area contributed by atoms with E-state index in [-0.39, 0.29) is 19.3 Å². The summed E-state index contributed by atoms with van der Waals surface area (Å²) in [5.74, 6) is -5.29. The van der Waals surface area contributed by atoms with Crippen molar-refractivity contribution < 1.29 is 39.3 Å². The molecule has 0 saturated carbocycles. The molecule has 4 unspecified atom stereocenters. The second-order valence-corrected chi connectivity index (χ2v) is 5.66. The van der Waals surface area contributed by atoms with Crippen molar-refractivity contribution in [2.24, 2.45) is 11.5 Å². The van der Waals surface area contributed by atoms with Gasteiger partial charge in [0, 0.05) is 12.8 Å². The van der Waals surface area contributed by atoms with Gasteiger partial charge in [0.15, 0.2) is 0 Å². The second kappa shape index (κ2) is 11.0. The number of carboxylic acids is 2. The number of aliphatic hydroxyl groups is 1. The Morgan fingerprint density at radius 2 is 1.42 bits per heavy atom. The Kier molecular flexibility index (Phi) is 9.84. The van der Waals surface area contributed by atoms with Crippen LogP contribution in [0.4, 0.5) is 0 Å². The zero-order chi connectivity index (χ0) is 20.4. The molecule has 3 amide bonds. The van der Waals surface area contributed by atoms with Gasteiger partial charge in [-0.05, 0) is 19.8 Å². The van der Waals surface area contributed by atoms with Gasteiger partial charge in [-0.15, -0.1) is 0 Å². The first kappa shape index (κ1) is 23.3. The number of aliphatic carboxylic acids is 2. The van der Waals surface area contributed by atoms with Crippen molar-refractivity contribution in [1.29, 1.82) is 0 Å². The van der Waals surface area contributed by atoms with Crippen LogP contribution in [0.1, 0.15) is 32.6 Å². The average molecular weight is 376 g/mol. The highest BCUT2D eigenvalue weighted by molar-refractivity contribution is 5.92. The molecule has 0 aliphatic heterocycles. The molecule has 0 aromatic heterocycles. The van der Waals surface area contributed by atoms with Crippen LogP contribution in [0.3, 0.4) is 0 Å². The van der Waals surface area contributed by atoms with Gasteiger partial charge < -0.3 is 37.4 Å². The quantitative estimate of drug-likeness (QED) is 0.183. The van der Waals surface area contributed by atoms with Gasteiger partial charge in [0.2, 0.25) is 17.7 Å². The summed E-state index contributed by atoms with van der Waals surface area (Å²) in [6.45, 7) is 1.25. The van der Waals surface area contributed by atoms with Crippen molar-refractivity contribution in [1.82, 2.24) is 10.6 Å². The highest BCUT2D eigenvalue weighted by Crippen LogP contribution is 2.03. The largest absolute Gasteiger partial charge is 0.481 e. The molecule has 0 saturated heterocycles. The van der Waals surface area contributed by atoms with E-state index < -0.39 is 60.3 Å². The van der Waals surface area contributed by atoms with E-state index in [1.165, 1.54) is 6.92 Å². The first-order valence-corrected chi connectivity index (χ1v) is 7.73. The van der Waals surface area contributed by atoms with E-state index in [0.717, 1.165) is 0 Å². The number of hydrogen-bond acceptors (Lipinski definition) is 7. The molecule has 148 valence electrons. The molecule has 0 fully saturated rings. The predicted molar refractivity (Wildman–Crippen MR) is 86.5 cm³/mol. The number of nitrogens with two attached hydrogens (primary N) is 2. The molecule has 0 spiro atoms. The summed E-state index contributed by atoms with van der Waals surface area (Å²) in [4.78, 5) is 56.7. The molecule has 0 aromatic carbocycles. The fourth-order valence-corrected chi connectivity index (χ4v) is 1.84. The van der Waals surface area contributed by atoms with Gasteiger partial charge in [0.25, 0.3) is 0 Å². The van der Waals surface area contributed by atoms with E-state index in [2.05, 4.69) is 10.6 Å². The van der Waals surface area contributed by atoms with Gasteiger partial charge in [-0.25, -0.2) is 4.79 Å². The van der Waals surface area contributed by atoms with Crippen molar-refractivity contribution >= 4 is 29.7 Å². The third-order valence-corrected chi connectivity index (χ3v) is 3.40. The van der Waals surface area contributed by atoms with E-state index in [9.17, 15) is 29.1 Å². The normalized spacial score (nSPS) is 15.2. The molecule has 0 bridgehead atoms. The van der Waals surface area contributed by atoms with Crippen LogP contribution in [0.5, 0.6) is 0 Å². The SMILES string of the molecule is CC(O)C(N)C(=O)NC(CCC(=O)O)C(=O)NC(CCC(N)=O)C(=O)O. The average Bonchev–Trinajstić information content (AvgIpc) is 2.53. The molecule has 0 rings (SSSR count). The topological polar surface area (TPSA) is 222 Å². The minimum Gasteiger partial charge on any atom is -0.481 e. The number of rotatable bonds is 12. The smallest absolute Gasteiger partial charge is 0.326 e. The Bertz CT molecular complexity index is 551. The molecular weight excluding hydrogens is 352 g/mol. The number of primary amides is 1. The molecule has 0 aliphatic rings. The van der Waals surface area contributed by atoms with Crippen LogP contribution in [0, 0.1) is 0 Å². The van der Waals surface area contributed by atoms with Gasteiger partial charge in [-0.2, -0.15) is 0 Å². The summed E-state index contributed by atoms with van der Waals surface area (Å²) in [5, 5.41) is 31.4. The molecule has 12 nitrogen and oxygen atoms in total. The molecule has 26 heavy (non-hydrogen) atoms. The molecule has 0 heterocycles. The number of carboxylic acid groups (broad SMARTS) is 2. The first-order valence-electron chi connectivity index (χ1n) is 7.73. The maximum absolute atomic E-state index is 12.2. The van der Waals surface area contributed by atoms with Gasteiger partial charge >= 0.3 is 11.9 Å². The van der Waals surface area contributed by atoms with E-state index in [0.29, 0.717) is 0 Å². The van der Waals surface area contributed by atoms with Crippen molar-refractivity contribution in [3.63, 3.8) is 0 Å². The predicted octanol–water partition coefficient (Wildman–Crippen LogP) is -3.12. The third-order valence-electron chi connectivity index (χ3n) is 3.40. The Morgan fingerprint density at radius 3 is 1.85 bits per heavy atom. The minimum absolute atomic E-state index is 0.275. The number of amides is 3. The van der Waals surface area contributed by atoms with Gasteiger partial charge in [-0.3, -0.25) is 19.2 Å². The van der Waals surface area contributed by atoms with Crippen LogP contribution < -0.4 is 22.1 Å². The zero-order valence-electron chi connectivity index (χ0n) is 14.2. The molecule has 0 aromatic rings. The van der Waals surface area contributed by atoms with Gasteiger partial charge in [-0.1, -0.05) is 0 Å². The van der Waals surface area contributed by atoms with Crippen LogP contribution in [0.15, 0.2) is 0 Å². The van der Waals surface area contributed by atoms with E-state index in [4.69, 9.17) is 21.7 Å². The summed E-state index contributed by atoms with van der Waals surface area (Å²) in [5.41, 5.74) is 10.4. The molecule has 12 heteroatoms. The molecule has 0 radical (unpaired) electrons. The van der Waals surface area contributed by atoms with E-state index in [1.54, 1.807) is 0 Å². The maximum Gasteiger partial charge on any atom is 0.326 e. The summed E-state index contributed by atoms with van der Waals surface area (Å²) >= 11 is 0. The van der Waals surface area contributed by atoms with Crippen molar-refractivity contribution in [3.05, 3.63) is 0 Å². The summed E-state index contributed by atoms with van der Waals surface area (Å²) in [7, 11) is 0. The highest BCUT2D eigenvalue weighted by atomic mass is 16.4. The molecular formula is C14H24N4O8. The van der Waals surface area contributed by atoms with Crippen molar-refractivity contribution in [2.75, 3.05) is 0 Å². The van der Waals surface area contributed by atoms with Crippen LogP contribution in [0.25, 0.3) is 0 Å².